The van der Waals surface area contributed by atoms with Gasteiger partial charge in [0.2, 0.25) is 0 Å². The van der Waals surface area contributed by atoms with Crippen LogP contribution in [0.4, 0.5) is 0 Å². The Morgan fingerprint density at radius 3 is 2.39 bits per heavy atom. The van der Waals surface area contributed by atoms with Crippen molar-refractivity contribution >= 4 is 0 Å². The summed E-state index contributed by atoms with van der Waals surface area (Å²) in [5.74, 6) is 3.75. The average molecular weight is 389 g/mol. The van der Waals surface area contributed by atoms with Crippen molar-refractivity contribution in [3.05, 3.63) is 11.6 Å². The lowest BCUT2D eigenvalue weighted by Crippen LogP contribution is -2.59. The van der Waals surface area contributed by atoms with Gasteiger partial charge in [0.1, 0.15) is 0 Å². The molecular weight excluding hydrogens is 344 g/mol. The summed E-state index contributed by atoms with van der Waals surface area (Å²) in [6, 6.07) is 0. The Morgan fingerprint density at radius 2 is 1.71 bits per heavy atom. The highest BCUT2D eigenvalue weighted by Crippen LogP contribution is 2.69. The molecular formula is C26H44O2. The van der Waals surface area contributed by atoms with Crippen molar-refractivity contribution in [2.75, 3.05) is 0 Å². The minimum atomic E-state index is -0.289. The molecule has 0 aromatic carbocycles. The molecule has 0 aliphatic heterocycles. The summed E-state index contributed by atoms with van der Waals surface area (Å²) >= 11 is 0. The van der Waals surface area contributed by atoms with Gasteiger partial charge in [0, 0.05) is 0 Å². The molecule has 160 valence electrons. The molecule has 0 saturated heterocycles. The molecule has 4 fully saturated rings. The van der Waals surface area contributed by atoms with Gasteiger partial charge in [-0.1, -0.05) is 46.6 Å². The van der Waals surface area contributed by atoms with Crippen LogP contribution in [0.25, 0.3) is 0 Å². The number of allylic oxidation sites excluding steroid dienone is 1. The molecule has 4 rings (SSSR count). The molecule has 4 aliphatic carbocycles. The Labute approximate surface area is 173 Å². The third kappa shape index (κ3) is 2.88. The molecule has 10 atom stereocenters. The predicted molar refractivity (Wildman–Crippen MR) is 116 cm³/mol. The van der Waals surface area contributed by atoms with E-state index in [4.69, 9.17) is 0 Å². The van der Waals surface area contributed by atoms with E-state index in [2.05, 4.69) is 40.7 Å². The molecule has 2 heteroatoms. The molecule has 2 nitrogen and oxygen atoms in total. The Bertz CT molecular complexity index is 612. The minimum Gasteiger partial charge on any atom is -0.393 e. The highest BCUT2D eigenvalue weighted by molar-refractivity contribution is 5.26. The summed E-state index contributed by atoms with van der Waals surface area (Å²) in [5.41, 5.74) is 1.93. The van der Waals surface area contributed by atoms with Crippen molar-refractivity contribution in [3.63, 3.8) is 0 Å². The zero-order valence-corrected chi connectivity index (χ0v) is 19.0. The van der Waals surface area contributed by atoms with Crippen LogP contribution in [-0.2, 0) is 0 Å². The molecule has 0 radical (unpaired) electrons. The lowest BCUT2D eigenvalue weighted by Gasteiger charge is -2.63. The Morgan fingerprint density at radius 1 is 1.04 bits per heavy atom. The van der Waals surface area contributed by atoms with Gasteiger partial charge < -0.3 is 10.2 Å². The number of rotatable bonds is 3. The first-order valence-electron chi connectivity index (χ1n) is 12.3. The quantitative estimate of drug-likeness (QED) is 0.585. The predicted octanol–water partition coefficient (Wildman–Crippen LogP) is 5.97. The summed E-state index contributed by atoms with van der Waals surface area (Å²) in [7, 11) is 0. The Hall–Kier alpha value is -0.340. The van der Waals surface area contributed by atoms with Crippen molar-refractivity contribution < 1.29 is 10.2 Å². The second-order valence-corrected chi connectivity index (χ2v) is 11.5. The number of hydrogen-bond acceptors (Lipinski definition) is 2. The standard InChI is InChI=1S/C26H44O2/c1-6-8-16(3)19-9-10-20-23-21(12-14-25(19,20)4)26(5)13-11-17(27)15-22(26)18(7-2)24(23)28/h7,16-17,19-24,27-28H,6,8-15H2,1-5H3/t16-,17-,19-,20+,21+,22+,23+,24-,25-,26-/m1/s1. The highest BCUT2D eigenvalue weighted by Gasteiger charge is 2.63. The maximum atomic E-state index is 11.6. The van der Waals surface area contributed by atoms with E-state index in [9.17, 15) is 10.2 Å². The van der Waals surface area contributed by atoms with Gasteiger partial charge in [-0.05, 0) is 104 Å². The Kier molecular flexibility index (Phi) is 5.54. The third-order valence-corrected chi connectivity index (χ3v) is 10.4. The van der Waals surface area contributed by atoms with E-state index in [1.807, 2.05) is 0 Å². The van der Waals surface area contributed by atoms with E-state index in [1.165, 1.54) is 44.1 Å². The first-order chi connectivity index (χ1) is 13.3. The fourth-order valence-corrected chi connectivity index (χ4v) is 9.11. The van der Waals surface area contributed by atoms with Crippen LogP contribution in [0.5, 0.6) is 0 Å². The van der Waals surface area contributed by atoms with Gasteiger partial charge in [-0.2, -0.15) is 0 Å². The van der Waals surface area contributed by atoms with Gasteiger partial charge in [-0.25, -0.2) is 0 Å². The summed E-state index contributed by atoms with van der Waals surface area (Å²) in [6.07, 6.45) is 12.6. The first-order valence-corrected chi connectivity index (χ1v) is 12.3. The molecule has 0 bridgehead atoms. The topological polar surface area (TPSA) is 40.5 Å². The average Bonchev–Trinajstić information content (AvgIpc) is 3.01. The van der Waals surface area contributed by atoms with Crippen LogP contribution >= 0.6 is 0 Å². The molecule has 0 aromatic rings. The van der Waals surface area contributed by atoms with Crippen molar-refractivity contribution in [3.8, 4) is 0 Å². The molecule has 0 spiro atoms. The largest absolute Gasteiger partial charge is 0.393 e. The van der Waals surface area contributed by atoms with Crippen molar-refractivity contribution in [1.29, 1.82) is 0 Å². The zero-order valence-electron chi connectivity index (χ0n) is 19.0. The third-order valence-electron chi connectivity index (χ3n) is 10.4. The smallest absolute Gasteiger partial charge is 0.0786 e. The maximum absolute atomic E-state index is 11.6. The Balaban J connectivity index is 1.69. The van der Waals surface area contributed by atoms with Crippen LogP contribution in [0.3, 0.4) is 0 Å². The van der Waals surface area contributed by atoms with Crippen molar-refractivity contribution in [2.24, 2.45) is 46.3 Å². The summed E-state index contributed by atoms with van der Waals surface area (Å²) in [4.78, 5) is 0. The van der Waals surface area contributed by atoms with Crippen LogP contribution in [0.15, 0.2) is 11.6 Å². The lowest BCUT2D eigenvalue weighted by atomic mass is 9.42. The molecule has 28 heavy (non-hydrogen) atoms. The summed E-state index contributed by atoms with van der Waals surface area (Å²) in [5, 5.41) is 22.0. The van der Waals surface area contributed by atoms with Crippen LogP contribution < -0.4 is 0 Å². The second kappa shape index (κ2) is 7.41. The molecule has 0 heterocycles. The van der Waals surface area contributed by atoms with Gasteiger partial charge in [-0.3, -0.25) is 0 Å². The van der Waals surface area contributed by atoms with Crippen LogP contribution in [-0.4, -0.2) is 22.4 Å². The summed E-state index contributed by atoms with van der Waals surface area (Å²) in [6.45, 7) is 12.0. The lowest BCUT2D eigenvalue weighted by molar-refractivity contribution is -0.147. The van der Waals surface area contributed by atoms with Crippen LogP contribution in [0, 0.1) is 46.3 Å². The van der Waals surface area contributed by atoms with Crippen molar-refractivity contribution in [2.45, 2.75) is 105 Å². The minimum absolute atomic E-state index is 0.184. The molecule has 2 N–H and O–H groups in total. The second-order valence-electron chi connectivity index (χ2n) is 11.5. The van der Waals surface area contributed by atoms with E-state index >= 15 is 0 Å². The van der Waals surface area contributed by atoms with E-state index in [-0.39, 0.29) is 17.6 Å². The van der Waals surface area contributed by atoms with E-state index < -0.39 is 0 Å². The fraction of sp³-hybridized carbons (Fsp3) is 0.923. The van der Waals surface area contributed by atoms with E-state index in [0.717, 1.165) is 31.1 Å². The zero-order chi connectivity index (χ0) is 20.3. The van der Waals surface area contributed by atoms with Gasteiger partial charge in [0.15, 0.2) is 0 Å². The monoisotopic (exact) mass is 388 g/mol. The van der Waals surface area contributed by atoms with Crippen LogP contribution in [0.2, 0.25) is 0 Å². The van der Waals surface area contributed by atoms with Crippen LogP contribution in [0.1, 0.15) is 92.4 Å². The number of aliphatic hydroxyl groups excluding tert-OH is 2. The van der Waals surface area contributed by atoms with Gasteiger partial charge in [-0.15, -0.1) is 0 Å². The number of hydrogen-bond donors (Lipinski definition) is 2. The maximum Gasteiger partial charge on any atom is 0.0786 e. The normalized spacial score (nSPS) is 53.4. The number of fused-ring (bicyclic) bond motifs is 5. The molecule has 0 unspecified atom stereocenters. The summed E-state index contributed by atoms with van der Waals surface area (Å²) < 4.78 is 0. The molecule has 4 aliphatic rings. The number of aliphatic hydroxyl groups is 2. The molecule has 4 saturated carbocycles. The first kappa shape index (κ1) is 20.9. The highest BCUT2D eigenvalue weighted by atomic mass is 16.3. The van der Waals surface area contributed by atoms with E-state index in [1.54, 1.807) is 0 Å². The van der Waals surface area contributed by atoms with Gasteiger partial charge in [0.25, 0.3) is 0 Å². The van der Waals surface area contributed by atoms with Crippen molar-refractivity contribution in [1.82, 2.24) is 0 Å². The van der Waals surface area contributed by atoms with Gasteiger partial charge in [0.05, 0.1) is 12.2 Å². The molecule has 0 aromatic heterocycles. The fourth-order valence-electron chi connectivity index (χ4n) is 9.11. The SMILES string of the molecule is CC=C1[C@@H](O)[C@@H]2[C@H](CC[C@]3(C)[C@@H]([C@H](C)CCC)CC[C@@H]23)[C@@]2(C)CC[C@@H](O)C[C@@H]12. The van der Waals surface area contributed by atoms with E-state index in [0.29, 0.717) is 29.1 Å². The molecule has 0 amide bonds. The van der Waals surface area contributed by atoms with Gasteiger partial charge >= 0.3 is 0 Å².